The molecule has 0 aliphatic carbocycles. The summed E-state index contributed by atoms with van der Waals surface area (Å²) in [5.74, 6) is -0.382. The van der Waals surface area contributed by atoms with Gasteiger partial charge in [-0.1, -0.05) is 328 Å². The maximum Gasteiger partial charge on any atom is 0.534 e. The van der Waals surface area contributed by atoms with Crippen LogP contribution in [0.5, 0.6) is 5.75 Å². The molecule has 0 amide bonds. The second-order valence-electron chi connectivity index (χ2n) is 31.2. The van der Waals surface area contributed by atoms with Crippen LogP contribution in [-0.4, -0.2) is 32.2 Å². The second-order valence-corrected chi connectivity index (χ2v) is 32.7. The molecule has 1 aliphatic heterocycles. The topological polar surface area (TPSA) is 61.8 Å². The van der Waals surface area contributed by atoms with Gasteiger partial charge in [-0.15, -0.1) is 0 Å². The molecule has 10 heteroatoms. The van der Waals surface area contributed by atoms with Crippen LogP contribution >= 0.6 is 0 Å². The van der Waals surface area contributed by atoms with Gasteiger partial charge in [0.25, 0.3) is 0 Å². The van der Waals surface area contributed by atoms with Gasteiger partial charge in [-0.3, -0.25) is 0 Å². The minimum atomic E-state index is -5.67. The van der Waals surface area contributed by atoms with Gasteiger partial charge in [0.05, 0.1) is 11.2 Å². The fourth-order valence-corrected chi connectivity index (χ4v) is 17.3. The lowest BCUT2D eigenvalue weighted by Crippen LogP contribution is -2.41. The Morgan fingerprint density at radius 1 is 0.248 bits per heavy atom. The quantitative estimate of drug-likeness (QED) is 0.0591. The van der Waals surface area contributed by atoms with Crippen molar-refractivity contribution < 1.29 is 35.1 Å². The fraction of sp³-hybridized carbons (Fsp3) is 0.0654. The average Bonchev–Trinajstić information content (AvgIpc) is 1.40. The summed E-state index contributed by atoms with van der Waals surface area (Å²) in [6, 6.07) is 137. The third-order valence-corrected chi connectivity index (χ3v) is 24.4. The Kier molecular flexibility index (Phi) is 18.7. The van der Waals surface area contributed by atoms with Crippen molar-refractivity contribution in [1.29, 1.82) is 0 Å². The summed E-state index contributed by atoms with van der Waals surface area (Å²) in [5.41, 5.74) is 11.8. The molecule has 21 rings (SSSR count). The molecular formula is C107H76BF3O5S. The zero-order chi connectivity index (χ0) is 79.7. The Balaban J connectivity index is 0.000000124. The molecule has 1 aliphatic rings. The third kappa shape index (κ3) is 14.1. The number of benzene rings is 20. The summed E-state index contributed by atoms with van der Waals surface area (Å²) in [5, 5.41) is 23.9. The lowest BCUT2D eigenvalue weighted by molar-refractivity contribution is -0.0500. The van der Waals surface area contributed by atoms with E-state index in [1.807, 2.05) is 36.4 Å². The molecule has 564 valence electrons. The van der Waals surface area contributed by atoms with Crippen molar-refractivity contribution in [3.05, 3.63) is 388 Å². The maximum atomic E-state index is 12.4. The van der Waals surface area contributed by atoms with Gasteiger partial charge in [0.15, 0.2) is 0 Å². The number of rotatable bonds is 10. The van der Waals surface area contributed by atoms with Crippen LogP contribution in [0.3, 0.4) is 0 Å². The molecule has 0 bridgehead atoms. The van der Waals surface area contributed by atoms with Gasteiger partial charge in [0.2, 0.25) is 0 Å². The number of hydrogen-bond acceptors (Lipinski definition) is 5. The Hall–Kier alpha value is -13.5. The first-order valence-electron chi connectivity index (χ1n) is 39.3. The van der Waals surface area contributed by atoms with Gasteiger partial charge in [0.1, 0.15) is 5.75 Å². The van der Waals surface area contributed by atoms with Crippen molar-refractivity contribution >= 4 is 130 Å². The van der Waals surface area contributed by atoms with Gasteiger partial charge in [-0.05, 0) is 279 Å². The van der Waals surface area contributed by atoms with E-state index in [1.54, 1.807) is 12.1 Å². The van der Waals surface area contributed by atoms with Crippen LogP contribution in [0.4, 0.5) is 13.2 Å². The molecule has 0 unspecified atom stereocenters. The van der Waals surface area contributed by atoms with Crippen LogP contribution in [0.15, 0.2) is 388 Å². The molecule has 0 saturated carbocycles. The zero-order valence-electron chi connectivity index (χ0n) is 64.6. The van der Waals surface area contributed by atoms with E-state index in [9.17, 15) is 21.6 Å². The molecule has 117 heavy (non-hydrogen) atoms. The Labute approximate surface area is 677 Å². The molecule has 0 radical (unpaired) electrons. The second kappa shape index (κ2) is 29.7. The van der Waals surface area contributed by atoms with Crippen molar-refractivity contribution in [1.82, 2.24) is 0 Å². The van der Waals surface area contributed by atoms with E-state index in [-0.39, 0.29) is 24.1 Å². The van der Waals surface area contributed by atoms with Gasteiger partial charge < -0.3 is 13.5 Å². The first-order chi connectivity index (χ1) is 56.8. The van der Waals surface area contributed by atoms with Crippen molar-refractivity contribution in [3.63, 3.8) is 0 Å². The number of hydrogen-bond donors (Lipinski definition) is 0. The smallest absolute Gasteiger partial charge is 0.399 e. The fourth-order valence-electron chi connectivity index (χ4n) is 16.8. The van der Waals surface area contributed by atoms with Crippen LogP contribution in [-0.2, 0) is 19.4 Å². The largest absolute Gasteiger partial charge is 0.534 e. The summed E-state index contributed by atoms with van der Waals surface area (Å²) in [7, 11) is -6.04. The van der Waals surface area contributed by atoms with E-state index >= 15 is 0 Å². The number of halogens is 3. The predicted molar refractivity (Wildman–Crippen MR) is 484 cm³/mol. The zero-order valence-corrected chi connectivity index (χ0v) is 65.4. The predicted octanol–water partition coefficient (Wildman–Crippen LogP) is 28.8. The first-order valence-corrected chi connectivity index (χ1v) is 40.7. The third-order valence-electron chi connectivity index (χ3n) is 23.4. The van der Waals surface area contributed by atoms with E-state index in [0.717, 1.165) is 22.0 Å². The molecule has 0 aromatic heterocycles. The molecule has 1 saturated heterocycles. The van der Waals surface area contributed by atoms with Crippen molar-refractivity contribution in [2.75, 3.05) is 0 Å². The molecule has 20 aromatic carbocycles. The van der Waals surface area contributed by atoms with Gasteiger partial charge in [-0.25, -0.2) is 0 Å². The molecular weight excluding hydrogens is 1470 g/mol. The van der Waals surface area contributed by atoms with E-state index in [2.05, 4.69) is 353 Å². The number of fused-ring (bicyclic) bond motifs is 10. The minimum absolute atomic E-state index is 0.363. The number of alkyl halides is 3. The van der Waals surface area contributed by atoms with Gasteiger partial charge >= 0.3 is 22.7 Å². The standard InChI is InChI=1S/C50H32.C40H33BO2.C17H11F3O3S/c1-2-10-33(11-3-1)36-19-20-38-29-39(22-21-37(38)28-36)40-23-24-42-32-44(27-25-41(42)30-40)50-47-16-8-6-14-45(47)49(46-15-7-9-17-48(46)50)43-26-18-34-12-4-5-13-35(34)31-43;1-39(2)40(3,4)43-41(42-39)32-22-21-28-24-31(20-18-29(28)25-32)38-35-15-9-7-13-33(35)37(34-14-8-10-16-36(34)38)30-19-17-26-11-5-6-12-27(26)23-30;18-17(19,20)24(21,22)23-16-9-8-14-10-13(6-7-15(14)11-16)12-4-2-1-3-5-12/h1-32H;5-25H,1-4H3;1-11H. The molecule has 20 aromatic rings. The van der Waals surface area contributed by atoms with Crippen molar-refractivity contribution in [3.8, 4) is 83.6 Å². The van der Waals surface area contributed by atoms with Crippen LogP contribution in [0, 0.1) is 0 Å². The lowest BCUT2D eigenvalue weighted by atomic mass is 9.78. The van der Waals surface area contributed by atoms with Crippen molar-refractivity contribution in [2.24, 2.45) is 0 Å². The van der Waals surface area contributed by atoms with E-state index < -0.39 is 15.6 Å². The molecule has 0 spiro atoms. The molecule has 0 atom stereocenters. The SMILES string of the molecule is CC1(C)OB(c2ccc3cc(-c4c5ccccc5c(-c5ccc6ccccc6c5)c5ccccc45)ccc3c2)OC1(C)C.O=S(=O)(Oc1ccc2cc(-c3ccccc3)ccc2c1)C(F)(F)F.c1ccc(-c2ccc3cc(-c4ccc5cc(-c6c7ccccc7c(-c7ccc8ccccc8c7)c7ccccc67)ccc5c4)ccc3c2)cc1. The highest BCUT2D eigenvalue weighted by Gasteiger charge is 2.52. The van der Waals surface area contributed by atoms with E-state index in [0.29, 0.717) is 5.39 Å². The maximum absolute atomic E-state index is 12.4. The summed E-state index contributed by atoms with van der Waals surface area (Å²) < 4.78 is 76.0. The van der Waals surface area contributed by atoms with E-state index in [4.69, 9.17) is 9.31 Å². The van der Waals surface area contributed by atoms with Crippen LogP contribution in [0.25, 0.3) is 186 Å². The summed E-state index contributed by atoms with van der Waals surface area (Å²) in [6.45, 7) is 8.39. The first kappa shape index (κ1) is 73.7. The highest BCUT2D eigenvalue weighted by atomic mass is 32.2. The summed E-state index contributed by atoms with van der Waals surface area (Å²) in [4.78, 5) is 0. The molecule has 1 heterocycles. The Bertz CT molecular complexity index is 7320. The van der Waals surface area contributed by atoms with Crippen LogP contribution < -0.4 is 9.65 Å². The highest BCUT2D eigenvalue weighted by molar-refractivity contribution is 7.88. The highest BCUT2D eigenvalue weighted by Crippen LogP contribution is 2.48. The molecule has 1 fully saturated rings. The van der Waals surface area contributed by atoms with Crippen LogP contribution in [0.2, 0.25) is 0 Å². The normalized spacial score (nSPS) is 13.4. The van der Waals surface area contributed by atoms with Crippen molar-refractivity contribution in [2.45, 2.75) is 44.4 Å². The lowest BCUT2D eigenvalue weighted by Gasteiger charge is -2.32. The Morgan fingerprint density at radius 3 is 0.803 bits per heavy atom. The van der Waals surface area contributed by atoms with E-state index in [1.165, 1.54) is 182 Å². The van der Waals surface area contributed by atoms with Gasteiger partial charge in [-0.2, -0.15) is 21.6 Å². The average molecular weight is 1540 g/mol. The monoisotopic (exact) mass is 1540 g/mol. The molecule has 5 nitrogen and oxygen atoms in total. The molecule has 0 N–H and O–H groups in total. The minimum Gasteiger partial charge on any atom is -0.399 e. The Morgan fingerprint density at radius 2 is 0.479 bits per heavy atom. The summed E-state index contributed by atoms with van der Waals surface area (Å²) >= 11 is 0. The van der Waals surface area contributed by atoms with Crippen LogP contribution in [0.1, 0.15) is 27.7 Å². The summed E-state index contributed by atoms with van der Waals surface area (Å²) in [6.07, 6.45) is 0. The van der Waals surface area contributed by atoms with Gasteiger partial charge in [0, 0.05) is 0 Å².